The summed E-state index contributed by atoms with van der Waals surface area (Å²) in [5.74, 6) is -5.68. The number of carboxylic acid groups (broad SMARTS) is 1. The molecule has 0 bridgehead atoms. The summed E-state index contributed by atoms with van der Waals surface area (Å²) < 4.78 is 50.3. The molecule has 16 heavy (non-hydrogen) atoms. The number of hydrogen-bond acceptors (Lipinski definition) is 1. The van der Waals surface area contributed by atoms with Crippen LogP contribution in [-0.4, -0.2) is 28.0 Å². The summed E-state index contributed by atoms with van der Waals surface area (Å²) in [6.45, 7) is -1.35. The Morgan fingerprint density at radius 2 is 2.12 bits per heavy atom. The van der Waals surface area contributed by atoms with E-state index in [4.69, 9.17) is 5.11 Å². The van der Waals surface area contributed by atoms with Gasteiger partial charge in [0.05, 0.1) is 6.54 Å². The number of hydrogen-bond donors (Lipinski definition) is 1. The van der Waals surface area contributed by atoms with E-state index in [-0.39, 0.29) is 0 Å². The van der Waals surface area contributed by atoms with Crippen molar-refractivity contribution in [2.24, 2.45) is 0 Å². The second-order valence-electron chi connectivity index (χ2n) is 3.04. The molecule has 1 heterocycles. The Morgan fingerprint density at radius 3 is 2.56 bits per heavy atom. The third-order valence-corrected chi connectivity index (χ3v) is 2.37. The number of carboxylic acids is 1. The minimum Gasteiger partial charge on any atom is -0.477 e. The van der Waals surface area contributed by atoms with Gasteiger partial charge in [-0.2, -0.15) is 8.78 Å². The molecule has 1 N–H and O–H groups in total. The number of aromatic carboxylic acids is 1. The summed E-state index contributed by atoms with van der Waals surface area (Å²) in [7, 11) is 0. The summed E-state index contributed by atoms with van der Waals surface area (Å²) in [5.41, 5.74) is -0.440. The highest BCUT2D eigenvalue weighted by Gasteiger charge is 2.41. The van der Waals surface area contributed by atoms with Gasteiger partial charge >= 0.3 is 18.3 Å². The molecule has 90 valence electrons. The third-order valence-electron chi connectivity index (χ3n) is 1.78. The van der Waals surface area contributed by atoms with Crippen molar-refractivity contribution in [3.8, 4) is 0 Å². The Kier molecular flexibility index (Phi) is 3.81. The van der Waals surface area contributed by atoms with Crippen LogP contribution in [0.25, 0.3) is 0 Å². The fraction of sp³-hybridized carbons (Fsp3) is 0.375. The summed E-state index contributed by atoms with van der Waals surface area (Å²) in [6.07, 6.45) is -2.74. The highest BCUT2D eigenvalue weighted by atomic mass is 127. The van der Waals surface area contributed by atoms with Gasteiger partial charge in [-0.05, 0) is 28.7 Å². The van der Waals surface area contributed by atoms with Crippen LogP contribution in [0, 0.1) is 3.57 Å². The Bertz CT molecular complexity index is 405. The molecule has 0 spiro atoms. The predicted octanol–water partition coefficient (Wildman–Crippen LogP) is 2.69. The molecule has 0 aliphatic carbocycles. The minimum absolute atomic E-state index is 0.389. The molecule has 0 aliphatic heterocycles. The summed E-state index contributed by atoms with van der Waals surface area (Å²) in [5, 5.41) is 8.66. The topological polar surface area (TPSA) is 42.2 Å². The third kappa shape index (κ3) is 2.86. The van der Waals surface area contributed by atoms with Crippen LogP contribution < -0.4 is 0 Å². The number of carbonyl (C=O) groups is 1. The van der Waals surface area contributed by atoms with Crippen LogP contribution in [-0.2, 0) is 6.54 Å². The van der Waals surface area contributed by atoms with Crippen molar-refractivity contribution in [3.63, 3.8) is 0 Å². The Labute approximate surface area is 101 Å². The van der Waals surface area contributed by atoms with E-state index in [1.54, 1.807) is 22.6 Å². The molecule has 0 fully saturated rings. The van der Waals surface area contributed by atoms with Gasteiger partial charge in [-0.15, -0.1) is 0 Å². The van der Waals surface area contributed by atoms with Gasteiger partial charge in [0, 0.05) is 9.77 Å². The number of aromatic nitrogens is 1. The molecule has 0 aliphatic rings. The maximum atomic E-state index is 12.7. The van der Waals surface area contributed by atoms with Gasteiger partial charge in [0.25, 0.3) is 0 Å². The molecule has 1 aromatic rings. The van der Waals surface area contributed by atoms with E-state index in [2.05, 4.69) is 0 Å². The van der Waals surface area contributed by atoms with Gasteiger partial charge in [-0.3, -0.25) is 0 Å². The standard InChI is InChI=1S/C8H6F4INO2/c9-7(10)8(11,12)3-14-2-4(13)1-5(14)6(15)16/h1-2,7H,3H2,(H,15,16). The van der Waals surface area contributed by atoms with Gasteiger partial charge in [0.15, 0.2) is 0 Å². The second-order valence-corrected chi connectivity index (χ2v) is 4.28. The van der Waals surface area contributed by atoms with Crippen LogP contribution in [0.1, 0.15) is 10.5 Å². The van der Waals surface area contributed by atoms with Gasteiger partial charge in [-0.1, -0.05) is 0 Å². The zero-order valence-electron chi connectivity index (χ0n) is 7.63. The molecule has 3 nitrogen and oxygen atoms in total. The van der Waals surface area contributed by atoms with Crippen molar-refractivity contribution < 1.29 is 27.5 Å². The van der Waals surface area contributed by atoms with E-state index in [9.17, 15) is 22.4 Å². The summed E-state index contributed by atoms with van der Waals surface area (Å²) in [4.78, 5) is 10.6. The van der Waals surface area contributed by atoms with Gasteiger partial charge in [-0.25, -0.2) is 13.6 Å². The Morgan fingerprint density at radius 1 is 1.56 bits per heavy atom. The zero-order chi connectivity index (χ0) is 12.5. The molecular formula is C8H6F4INO2. The average molecular weight is 351 g/mol. The Hall–Kier alpha value is -0.800. The zero-order valence-corrected chi connectivity index (χ0v) is 9.79. The lowest BCUT2D eigenvalue weighted by Gasteiger charge is -2.16. The number of alkyl halides is 4. The lowest BCUT2D eigenvalue weighted by atomic mass is 10.3. The van der Waals surface area contributed by atoms with Crippen molar-refractivity contribution in [1.82, 2.24) is 4.57 Å². The molecule has 0 unspecified atom stereocenters. The first kappa shape index (κ1) is 13.3. The maximum Gasteiger partial charge on any atom is 0.352 e. The SMILES string of the molecule is O=C(O)c1cc(I)cn1CC(F)(F)C(F)F. The largest absolute Gasteiger partial charge is 0.477 e. The molecule has 0 atom stereocenters. The number of rotatable bonds is 4. The monoisotopic (exact) mass is 351 g/mol. The molecule has 1 rings (SSSR count). The molecule has 0 radical (unpaired) electrons. The van der Waals surface area contributed by atoms with Gasteiger partial charge < -0.3 is 9.67 Å². The lowest BCUT2D eigenvalue weighted by molar-refractivity contribution is -0.137. The van der Waals surface area contributed by atoms with Crippen molar-refractivity contribution >= 4 is 28.6 Å². The van der Waals surface area contributed by atoms with Crippen LogP contribution in [0.2, 0.25) is 0 Å². The number of nitrogens with zero attached hydrogens (tertiary/aromatic N) is 1. The smallest absolute Gasteiger partial charge is 0.352 e. The summed E-state index contributed by atoms with van der Waals surface area (Å²) in [6, 6.07) is 1.13. The van der Waals surface area contributed by atoms with Crippen LogP contribution in [0.3, 0.4) is 0 Å². The van der Waals surface area contributed by atoms with Crippen molar-refractivity contribution in [3.05, 3.63) is 21.5 Å². The van der Waals surface area contributed by atoms with Crippen molar-refractivity contribution in [2.75, 3.05) is 0 Å². The lowest BCUT2D eigenvalue weighted by Crippen LogP contribution is -2.32. The van der Waals surface area contributed by atoms with E-state index in [0.29, 0.717) is 8.14 Å². The molecular weight excluding hydrogens is 345 g/mol. The fourth-order valence-corrected chi connectivity index (χ4v) is 1.71. The molecule has 0 aromatic carbocycles. The second kappa shape index (κ2) is 4.60. The van der Waals surface area contributed by atoms with Gasteiger partial charge in [0.1, 0.15) is 5.69 Å². The normalized spacial score (nSPS) is 12.1. The Balaban J connectivity index is 3.01. The summed E-state index contributed by atoms with van der Waals surface area (Å²) >= 11 is 1.71. The van der Waals surface area contributed by atoms with E-state index in [1.807, 2.05) is 0 Å². The minimum atomic E-state index is -4.24. The van der Waals surface area contributed by atoms with Crippen LogP contribution in [0.4, 0.5) is 17.6 Å². The van der Waals surface area contributed by atoms with E-state index in [0.717, 1.165) is 12.3 Å². The molecule has 1 aromatic heterocycles. The number of halogens is 5. The molecule has 0 amide bonds. The molecule has 0 saturated carbocycles. The van der Waals surface area contributed by atoms with Crippen molar-refractivity contribution in [1.29, 1.82) is 0 Å². The quantitative estimate of drug-likeness (QED) is 0.670. The van der Waals surface area contributed by atoms with E-state index < -0.39 is 30.6 Å². The van der Waals surface area contributed by atoms with Crippen LogP contribution >= 0.6 is 22.6 Å². The first-order chi connectivity index (χ1) is 7.24. The fourth-order valence-electron chi connectivity index (χ4n) is 1.08. The van der Waals surface area contributed by atoms with Gasteiger partial charge in [0.2, 0.25) is 0 Å². The van der Waals surface area contributed by atoms with E-state index in [1.165, 1.54) is 0 Å². The average Bonchev–Trinajstić information content (AvgIpc) is 2.45. The van der Waals surface area contributed by atoms with Crippen LogP contribution in [0.5, 0.6) is 0 Å². The predicted molar refractivity (Wildman–Crippen MR) is 55.1 cm³/mol. The maximum absolute atomic E-state index is 12.7. The molecule has 0 saturated heterocycles. The first-order valence-corrected chi connectivity index (χ1v) is 5.07. The first-order valence-electron chi connectivity index (χ1n) is 3.99. The van der Waals surface area contributed by atoms with E-state index >= 15 is 0 Å². The van der Waals surface area contributed by atoms with Crippen molar-refractivity contribution in [2.45, 2.75) is 18.9 Å². The molecule has 8 heteroatoms. The van der Waals surface area contributed by atoms with Crippen LogP contribution in [0.15, 0.2) is 12.3 Å². The highest BCUT2D eigenvalue weighted by Crippen LogP contribution is 2.26. The highest BCUT2D eigenvalue weighted by molar-refractivity contribution is 14.1.